The largest absolute Gasteiger partial charge is 0.316 e. The van der Waals surface area contributed by atoms with Crippen LogP contribution in [-0.2, 0) is 0 Å². The van der Waals surface area contributed by atoms with Crippen molar-refractivity contribution in [1.29, 1.82) is 0 Å². The van der Waals surface area contributed by atoms with Gasteiger partial charge in [-0.1, -0.05) is 30.3 Å². The van der Waals surface area contributed by atoms with Crippen molar-refractivity contribution in [1.82, 2.24) is 5.48 Å². The molecular formula is C8H10N2O3. The summed E-state index contributed by atoms with van der Waals surface area (Å²) in [5.41, 5.74) is 2.60. The van der Waals surface area contributed by atoms with Gasteiger partial charge in [0, 0.05) is 4.92 Å². The summed E-state index contributed by atoms with van der Waals surface area (Å²) in [6, 6.07) is 8.13. The van der Waals surface area contributed by atoms with E-state index in [0.717, 1.165) is 0 Å². The first kappa shape index (κ1) is 9.63. The molecule has 0 fully saturated rings. The molecule has 2 N–H and O–H groups in total. The summed E-state index contributed by atoms with van der Waals surface area (Å²) in [6.45, 7) is -0.333. The van der Waals surface area contributed by atoms with Gasteiger partial charge in [-0.05, 0) is 5.56 Å². The molecule has 0 aliphatic carbocycles. The second-order valence-corrected chi connectivity index (χ2v) is 2.61. The highest BCUT2D eigenvalue weighted by molar-refractivity contribution is 5.18. The highest BCUT2D eigenvalue weighted by Crippen LogP contribution is 2.11. The Labute approximate surface area is 75.1 Å². The van der Waals surface area contributed by atoms with Gasteiger partial charge in [-0.25, -0.2) is 0 Å². The Bertz CT molecular complexity index is 276. The van der Waals surface area contributed by atoms with E-state index in [1.165, 1.54) is 0 Å². The monoisotopic (exact) mass is 182 g/mol. The first-order chi connectivity index (χ1) is 6.24. The number of nitrogens with zero attached hydrogens (tertiary/aromatic N) is 1. The Hall–Kier alpha value is -1.46. The predicted molar refractivity (Wildman–Crippen MR) is 46.0 cm³/mol. The van der Waals surface area contributed by atoms with Gasteiger partial charge >= 0.3 is 0 Å². The van der Waals surface area contributed by atoms with Gasteiger partial charge in [0.1, 0.15) is 6.04 Å². The van der Waals surface area contributed by atoms with Gasteiger partial charge in [0.15, 0.2) is 0 Å². The van der Waals surface area contributed by atoms with Crippen LogP contribution in [0.4, 0.5) is 0 Å². The average molecular weight is 182 g/mol. The molecule has 0 bridgehead atoms. The molecule has 0 saturated carbocycles. The van der Waals surface area contributed by atoms with Crippen LogP contribution in [0, 0.1) is 10.1 Å². The molecule has 5 nitrogen and oxygen atoms in total. The SMILES string of the molecule is O=[N+]([O-])CC(NO)c1ccccc1. The van der Waals surface area contributed by atoms with Gasteiger partial charge in [-0.3, -0.25) is 10.1 Å². The van der Waals surface area contributed by atoms with Crippen LogP contribution in [0.2, 0.25) is 0 Å². The fourth-order valence-electron chi connectivity index (χ4n) is 1.06. The standard InChI is InChI=1S/C8H10N2O3/c11-9-8(6-10(12)13)7-4-2-1-3-5-7/h1-5,8-9,11H,6H2. The van der Waals surface area contributed by atoms with Gasteiger partial charge in [0.05, 0.1) is 0 Å². The van der Waals surface area contributed by atoms with E-state index in [1.54, 1.807) is 24.3 Å². The molecule has 0 aliphatic heterocycles. The zero-order valence-electron chi connectivity index (χ0n) is 6.88. The van der Waals surface area contributed by atoms with E-state index in [2.05, 4.69) is 0 Å². The van der Waals surface area contributed by atoms with Crippen LogP contribution in [0.25, 0.3) is 0 Å². The highest BCUT2D eigenvalue weighted by atomic mass is 16.6. The van der Waals surface area contributed by atoms with Crippen molar-refractivity contribution < 1.29 is 10.1 Å². The number of hydrogen-bond acceptors (Lipinski definition) is 4. The van der Waals surface area contributed by atoms with Gasteiger partial charge in [0.2, 0.25) is 6.54 Å². The van der Waals surface area contributed by atoms with Crippen LogP contribution in [0.1, 0.15) is 11.6 Å². The zero-order chi connectivity index (χ0) is 9.68. The normalized spacial score (nSPS) is 12.4. The van der Waals surface area contributed by atoms with Crippen LogP contribution in [0.15, 0.2) is 30.3 Å². The zero-order valence-corrected chi connectivity index (χ0v) is 6.88. The van der Waals surface area contributed by atoms with Gasteiger partial charge in [-0.2, -0.15) is 5.48 Å². The van der Waals surface area contributed by atoms with Crippen molar-refractivity contribution in [3.63, 3.8) is 0 Å². The molecule has 0 amide bonds. The Morgan fingerprint density at radius 1 is 1.46 bits per heavy atom. The molecule has 1 rings (SSSR count). The number of benzene rings is 1. The molecule has 1 aromatic carbocycles. The second-order valence-electron chi connectivity index (χ2n) is 2.61. The third kappa shape index (κ3) is 2.81. The first-order valence-electron chi connectivity index (χ1n) is 3.80. The molecule has 0 spiro atoms. The molecule has 0 saturated heterocycles. The van der Waals surface area contributed by atoms with E-state index in [1.807, 2.05) is 11.5 Å². The molecule has 0 radical (unpaired) electrons. The Kier molecular flexibility index (Phi) is 3.36. The predicted octanol–water partition coefficient (Wildman–Crippen LogP) is 0.983. The van der Waals surface area contributed by atoms with Crippen LogP contribution in [0.5, 0.6) is 0 Å². The quantitative estimate of drug-likeness (QED) is 0.537. The van der Waals surface area contributed by atoms with Gasteiger partial charge in [0.25, 0.3) is 0 Å². The van der Waals surface area contributed by atoms with E-state index in [0.29, 0.717) is 5.56 Å². The lowest BCUT2D eigenvalue weighted by Crippen LogP contribution is -2.24. The first-order valence-corrected chi connectivity index (χ1v) is 3.80. The minimum absolute atomic E-state index is 0.333. The second kappa shape index (κ2) is 4.54. The molecule has 0 heterocycles. The lowest BCUT2D eigenvalue weighted by molar-refractivity contribution is -0.486. The summed E-state index contributed by atoms with van der Waals surface area (Å²) in [7, 11) is 0. The number of hydrogen-bond donors (Lipinski definition) is 2. The number of nitro groups is 1. The smallest absolute Gasteiger partial charge is 0.225 e. The Morgan fingerprint density at radius 2 is 2.08 bits per heavy atom. The van der Waals surface area contributed by atoms with E-state index in [9.17, 15) is 10.1 Å². The van der Waals surface area contributed by atoms with Gasteiger partial charge < -0.3 is 5.21 Å². The minimum Gasteiger partial charge on any atom is -0.316 e. The average Bonchev–Trinajstić information content (AvgIpc) is 2.15. The van der Waals surface area contributed by atoms with Crippen molar-refractivity contribution in [3.8, 4) is 0 Å². The van der Waals surface area contributed by atoms with Crippen LogP contribution in [-0.4, -0.2) is 16.7 Å². The van der Waals surface area contributed by atoms with Crippen LogP contribution >= 0.6 is 0 Å². The van der Waals surface area contributed by atoms with E-state index in [4.69, 9.17) is 5.21 Å². The molecule has 0 aliphatic rings. The summed E-state index contributed by atoms with van der Waals surface area (Å²) in [5.74, 6) is 0. The summed E-state index contributed by atoms with van der Waals surface area (Å²) < 4.78 is 0. The third-order valence-electron chi connectivity index (χ3n) is 1.69. The van der Waals surface area contributed by atoms with Crippen molar-refractivity contribution in [2.45, 2.75) is 6.04 Å². The molecular weight excluding hydrogens is 172 g/mol. The lowest BCUT2D eigenvalue weighted by atomic mass is 10.1. The fourth-order valence-corrected chi connectivity index (χ4v) is 1.06. The number of rotatable bonds is 4. The summed E-state index contributed by atoms with van der Waals surface area (Å²) in [4.78, 5) is 9.73. The fraction of sp³-hybridized carbons (Fsp3) is 0.250. The Balaban J connectivity index is 2.73. The molecule has 5 heteroatoms. The minimum atomic E-state index is -0.642. The molecule has 13 heavy (non-hydrogen) atoms. The van der Waals surface area contributed by atoms with E-state index < -0.39 is 11.0 Å². The number of hydroxylamine groups is 1. The molecule has 1 unspecified atom stereocenters. The van der Waals surface area contributed by atoms with Crippen molar-refractivity contribution >= 4 is 0 Å². The number of nitrogens with one attached hydrogen (secondary N) is 1. The maximum Gasteiger partial charge on any atom is 0.225 e. The van der Waals surface area contributed by atoms with Gasteiger partial charge in [-0.15, -0.1) is 0 Å². The highest BCUT2D eigenvalue weighted by Gasteiger charge is 2.15. The van der Waals surface area contributed by atoms with Crippen molar-refractivity contribution in [2.24, 2.45) is 0 Å². The van der Waals surface area contributed by atoms with Crippen molar-refractivity contribution in [3.05, 3.63) is 46.0 Å². The van der Waals surface area contributed by atoms with Crippen LogP contribution < -0.4 is 5.48 Å². The Morgan fingerprint density at radius 3 is 2.54 bits per heavy atom. The van der Waals surface area contributed by atoms with E-state index in [-0.39, 0.29) is 6.54 Å². The topological polar surface area (TPSA) is 75.4 Å². The third-order valence-corrected chi connectivity index (χ3v) is 1.69. The molecule has 70 valence electrons. The molecule has 0 aromatic heterocycles. The van der Waals surface area contributed by atoms with E-state index >= 15 is 0 Å². The molecule has 1 aromatic rings. The lowest BCUT2D eigenvalue weighted by Gasteiger charge is -2.09. The summed E-state index contributed by atoms with van der Waals surface area (Å²) in [6.07, 6.45) is 0. The summed E-state index contributed by atoms with van der Waals surface area (Å²) in [5, 5.41) is 18.9. The maximum absolute atomic E-state index is 10.2. The molecule has 1 atom stereocenters. The maximum atomic E-state index is 10.2. The van der Waals surface area contributed by atoms with Crippen LogP contribution in [0.3, 0.4) is 0 Å². The summed E-state index contributed by atoms with van der Waals surface area (Å²) >= 11 is 0. The van der Waals surface area contributed by atoms with Crippen molar-refractivity contribution in [2.75, 3.05) is 6.54 Å².